The lowest BCUT2D eigenvalue weighted by Crippen LogP contribution is -2.15. The van der Waals surface area contributed by atoms with Crippen LogP contribution in [-0.2, 0) is 18.6 Å². The van der Waals surface area contributed by atoms with Crippen molar-refractivity contribution in [2.24, 2.45) is 0 Å². The number of fused-ring (bicyclic) bond motifs is 1. The van der Waals surface area contributed by atoms with Gasteiger partial charge in [-0.15, -0.1) is 10.2 Å². The van der Waals surface area contributed by atoms with Gasteiger partial charge in [-0.1, -0.05) is 43.8 Å². The first-order valence-corrected chi connectivity index (χ1v) is 12.7. The first-order valence-electron chi connectivity index (χ1n) is 11.7. The molecule has 4 heterocycles. The molecule has 0 bridgehead atoms. The molecule has 0 amide bonds. The predicted molar refractivity (Wildman–Crippen MR) is 139 cm³/mol. The lowest BCUT2D eigenvalue weighted by atomic mass is 10.0. The molecule has 0 saturated carbocycles. The van der Waals surface area contributed by atoms with E-state index in [1.807, 2.05) is 37.4 Å². The molecule has 176 valence electrons. The fourth-order valence-corrected chi connectivity index (χ4v) is 5.05. The number of pyridine rings is 2. The summed E-state index contributed by atoms with van der Waals surface area (Å²) in [5.41, 5.74) is 6.81. The van der Waals surface area contributed by atoms with Crippen molar-refractivity contribution in [3.63, 3.8) is 0 Å². The molecule has 7 nitrogen and oxygen atoms in total. The van der Waals surface area contributed by atoms with Crippen molar-refractivity contribution in [1.82, 2.24) is 29.1 Å². The van der Waals surface area contributed by atoms with Gasteiger partial charge in [-0.05, 0) is 60.7 Å². The van der Waals surface area contributed by atoms with E-state index in [0.29, 0.717) is 17.1 Å². The first-order chi connectivity index (χ1) is 17.1. The third kappa shape index (κ3) is 4.49. The summed E-state index contributed by atoms with van der Waals surface area (Å²) < 4.78 is 3.70. The Hall–Kier alpha value is -3.78. The first kappa shape index (κ1) is 23.0. The van der Waals surface area contributed by atoms with Crippen LogP contribution in [0.1, 0.15) is 36.2 Å². The lowest BCUT2D eigenvalue weighted by molar-refractivity contribution is 0.856. The van der Waals surface area contributed by atoms with Crippen molar-refractivity contribution < 1.29 is 0 Å². The molecule has 0 spiro atoms. The minimum absolute atomic E-state index is 0.0901. The molecule has 1 aromatic carbocycles. The average molecular weight is 483 g/mol. The third-order valence-electron chi connectivity index (χ3n) is 5.97. The molecule has 0 fully saturated rings. The highest BCUT2D eigenvalue weighted by molar-refractivity contribution is 7.98. The summed E-state index contributed by atoms with van der Waals surface area (Å²) in [5.74, 6) is 1.25. The smallest absolute Gasteiger partial charge is 0.258 e. The van der Waals surface area contributed by atoms with E-state index in [-0.39, 0.29) is 5.56 Å². The molecule has 35 heavy (non-hydrogen) atoms. The highest BCUT2D eigenvalue weighted by Crippen LogP contribution is 2.33. The normalized spacial score (nSPS) is 11.3. The maximum absolute atomic E-state index is 12.6. The van der Waals surface area contributed by atoms with Gasteiger partial charge in [0.1, 0.15) is 5.65 Å². The number of nitrogens with zero attached hydrogens (tertiary/aromatic N) is 6. The molecule has 0 aliphatic heterocycles. The Labute approximate surface area is 207 Å². The van der Waals surface area contributed by atoms with E-state index in [4.69, 9.17) is 4.98 Å². The number of rotatable bonds is 7. The number of benzene rings is 1. The second kappa shape index (κ2) is 9.84. The monoisotopic (exact) mass is 482 g/mol. The van der Waals surface area contributed by atoms with E-state index in [1.165, 1.54) is 22.9 Å². The Kier molecular flexibility index (Phi) is 6.46. The maximum atomic E-state index is 12.6. The third-order valence-corrected chi connectivity index (χ3v) is 6.93. The molecule has 0 saturated heterocycles. The molecule has 0 unspecified atom stereocenters. The fourth-order valence-electron chi connectivity index (χ4n) is 4.22. The van der Waals surface area contributed by atoms with Crippen molar-refractivity contribution in [2.75, 3.05) is 0 Å². The SMILES string of the molecule is CCc1cccc(CC)c1-n1c(SCc2cc(=O)n3ccc(C)cc3n2)nnc1-c1cccnc1. The molecule has 0 N–H and O–H groups in total. The van der Waals surface area contributed by atoms with Crippen LogP contribution in [0.15, 0.2) is 77.1 Å². The van der Waals surface area contributed by atoms with Crippen LogP contribution in [0.3, 0.4) is 0 Å². The van der Waals surface area contributed by atoms with Crippen LogP contribution >= 0.6 is 11.8 Å². The Morgan fingerprint density at radius 1 is 0.971 bits per heavy atom. The van der Waals surface area contributed by atoms with E-state index >= 15 is 0 Å². The largest absolute Gasteiger partial charge is 0.269 e. The van der Waals surface area contributed by atoms with Gasteiger partial charge in [0.05, 0.1) is 11.4 Å². The summed E-state index contributed by atoms with van der Waals surface area (Å²) in [6.07, 6.45) is 7.11. The standard InChI is InChI=1S/C27H26N6OS/c1-4-19-8-6-9-20(5-2)25(19)33-26(21-10-7-12-28-16-21)30-31-27(33)35-17-22-15-24(34)32-13-11-18(3)14-23(32)29-22/h6-16H,4-5,17H2,1-3H3. The van der Waals surface area contributed by atoms with Gasteiger partial charge in [0.2, 0.25) is 0 Å². The zero-order chi connectivity index (χ0) is 24.4. The van der Waals surface area contributed by atoms with E-state index in [2.05, 4.69) is 51.8 Å². The highest BCUT2D eigenvalue weighted by atomic mass is 32.2. The average Bonchev–Trinajstić information content (AvgIpc) is 3.30. The zero-order valence-corrected chi connectivity index (χ0v) is 20.8. The van der Waals surface area contributed by atoms with Crippen molar-refractivity contribution in [3.8, 4) is 17.1 Å². The number of hydrogen-bond acceptors (Lipinski definition) is 6. The molecule has 0 aliphatic rings. The number of aromatic nitrogens is 6. The van der Waals surface area contributed by atoms with Crippen molar-refractivity contribution >= 4 is 17.4 Å². The highest BCUT2D eigenvalue weighted by Gasteiger charge is 2.21. The topological polar surface area (TPSA) is 78.0 Å². The minimum Gasteiger partial charge on any atom is -0.269 e. The van der Waals surface area contributed by atoms with Crippen molar-refractivity contribution in [3.05, 3.63) is 99.9 Å². The van der Waals surface area contributed by atoms with Gasteiger partial charge in [-0.2, -0.15) is 0 Å². The van der Waals surface area contributed by atoms with E-state index in [0.717, 1.165) is 40.6 Å². The van der Waals surface area contributed by atoms with Crippen LogP contribution in [0, 0.1) is 6.92 Å². The lowest BCUT2D eigenvalue weighted by Gasteiger charge is -2.18. The molecule has 8 heteroatoms. The fraction of sp³-hybridized carbons (Fsp3) is 0.222. The number of thioether (sulfide) groups is 1. The van der Waals surface area contributed by atoms with Crippen molar-refractivity contribution in [2.45, 2.75) is 44.5 Å². The van der Waals surface area contributed by atoms with Gasteiger partial charge in [-0.3, -0.25) is 18.7 Å². The molecule has 5 rings (SSSR count). The second-order valence-corrected chi connectivity index (χ2v) is 9.26. The van der Waals surface area contributed by atoms with Crippen LogP contribution in [-0.4, -0.2) is 29.1 Å². The zero-order valence-electron chi connectivity index (χ0n) is 20.0. The van der Waals surface area contributed by atoms with E-state index < -0.39 is 0 Å². The van der Waals surface area contributed by atoms with Crippen molar-refractivity contribution in [1.29, 1.82) is 0 Å². The molecule has 5 aromatic rings. The molecule has 4 aromatic heterocycles. The maximum Gasteiger partial charge on any atom is 0.258 e. The Morgan fingerprint density at radius 3 is 2.49 bits per heavy atom. The van der Waals surface area contributed by atoms with Crippen LogP contribution in [0.5, 0.6) is 0 Å². The molecular weight excluding hydrogens is 456 g/mol. The minimum atomic E-state index is -0.0901. The van der Waals surface area contributed by atoms with Crippen LogP contribution in [0.25, 0.3) is 22.7 Å². The summed E-state index contributed by atoms with van der Waals surface area (Å²) in [5, 5.41) is 9.90. The summed E-state index contributed by atoms with van der Waals surface area (Å²) in [7, 11) is 0. The number of aryl methyl sites for hydroxylation is 3. The summed E-state index contributed by atoms with van der Waals surface area (Å²) >= 11 is 1.53. The molecule has 0 radical (unpaired) electrons. The van der Waals surface area contributed by atoms with Gasteiger partial charge < -0.3 is 0 Å². The summed E-state index contributed by atoms with van der Waals surface area (Å²) in [6, 6.07) is 15.7. The number of para-hydroxylation sites is 1. The van der Waals surface area contributed by atoms with Gasteiger partial charge in [0, 0.05) is 36.0 Å². The van der Waals surface area contributed by atoms with Crippen LogP contribution < -0.4 is 5.56 Å². The van der Waals surface area contributed by atoms with Crippen LogP contribution in [0.4, 0.5) is 0 Å². The number of hydrogen-bond donors (Lipinski definition) is 0. The molecule has 0 aliphatic carbocycles. The van der Waals surface area contributed by atoms with E-state index in [9.17, 15) is 4.79 Å². The quantitative estimate of drug-likeness (QED) is 0.302. The predicted octanol–water partition coefficient (Wildman–Crippen LogP) is 5.06. The Bertz CT molecular complexity index is 1540. The van der Waals surface area contributed by atoms with Gasteiger partial charge in [0.25, 0.3) is 5.56 Å². The molecule has 0 atom stereocenters. The second-order valence-electron chi connectivity index (χ2n) is 8.32. The van der Waals surface area contributed by atoms with Gasteiger partial charge in [-0.25, -0.2) is 4.98 Å². The van der Waals surface area contributed by atoms with Gasteiger partial charge >= 0.3 is 0 Å². The molecular formula is C27H26N6OS. The Balaban J connectivity index is 1.60. The van der Waals surface area contributed by atoms with Crippen LogP contribution in [0.2, 0.25) is 0 Å². The van der Waals surface area contributed by atoms with E-state index in [1.54, 1.807) is 22.9 Å². The summed E-state index contributed by atoms with van der Waals surface area (Å²) in [4.78, 5) is 21.7. The summed E-state index contributed by atoms with van der Waals surface area (Å²) in [6.45, 7) is 6.31. The van der Waals surface area contributed by atoms with Gasteiger partial charge in [0.15, 0.2) is 11.0 Å². The Morgan fingerprint density at radius 2 is 1.77 bits per heavy atom.